The number of anilines is 1. The van der Waals surface area contributed by atoms with Crippen molar-refractivity contribution in [1.82, 2.24) is 10.3 Å². The third kappa shape index (κ3) is 8.37. The fourth-order valence-corrected chi connectivity index (χ4v) is 4.51. The van der Waals surface area contributed by atoms with Crippen molar-refractivity contribution in [2.45, 2.75) is 51.4 Å². The molecule has 1 saturated carbocycles. The van der Waals surface area contributed by atoms with Crippen molar-refractivity contribution >= 4 is 30.0 Å². The Bertz CT molecular complexity index is 1350. The number of esters is 1. The number of carbonyl (C=O) groups excluding carboxylic acids is 2. The van der Waals surface area contributed by atoms with Crippen LogP contribution in [0.4, 0.5) is 14.5 Å². The second kappa shape index (κ2) is 13.7. The number of pyridine rings is 1. The molecule has 1 amide bonds. The quantitative estimate of drug-likeness (QED) is 0.280. The molecule has 2 N–H and O–H groups in total. The normalized spacial score (nSPS) is 18.0. The molecule has 41 heavy (non-hydrogen) atoms. The number of nitrogens with one attached hydrogen (secondary N) is 2. The van der Waals surface area contributed by atoms with E-state index in [9.17, 15) is 18.4 Å². The lowest BCUT2D eigenvalue weighted by Gasteiger charge is -2.16. The van der Waals surface area contributed by atoms with E-state index in [-0.39, 0.29) is 48.0 Å². The monoisotopic (exact) mass is 587 g/mol. The molecule has 1 aromatic heterocycles. The first-order valence-corrected chi connectivity index (χ1v) is 13.3. The van der Waals surface area contributed by atoms with Crippen LogP contribution in [0.3, 0.4) is 0 Å². The number of halogens is 3. The zero-order valence-corrected chi connectivity index (χ0v) is 23.3. The molecule has 1 aliphatic heterocycles. The third-order valence-corrected chi connectivity index (χ3v) is 6.95. The Morgan fingerprint density at radius 2 is 1.85 bits per heavy atom. The van der Waals surface area contributed by atoms with E-state index in [0.717, 1.165) is 24.0 Å². The van der Waals surface area contributed by atoms with Crippen LogP contribution in [0, 0.1) is 12.8 Å². The van der Waals surface area contributed by atoms with Gasteiger partial charge in [-0.1, -0.05) is 29.8 Å². The Labute approximate surface area is 243 Å². The van der Waals surface area contributed by atoms with Gasteiger partial charge in [-0.05, 0) is 80.0 Å². The van der Waals surface area contributed by atoms with Crippen LogP contribution in [-0.2, 0) is 16.1 Å². The molecule has 2 aromatic carbocycles. The minimum Gasteiger partial charge on any atom is -0.489 e. The Morgan fingerprint density at radius 1 is 1.07 bits per heavy atom. The van der Waals surface area contributed by atoms with Crippen molar-refractivity contribution < 1.29 is 32.6 Å². The van der Waals surface area contributed by atoms with E-state index >= 15 is 0 Å². The summed E-state index contributed by atoms with van der Waals surface area (Å²) < 4.78 is 41.6. The first-order chi connectivity index (χ1) is 19.3. The molecule has 2 aliphatic rings. The van der Waals surface area contributed by atoms with E-state index in [4.69, 9.17) is 9.47 Å². The number of nitrogens with zero attached hydrogens (tertiary/aromatic N) is 1. The topological polar surface area (TPSA) is 98.8 Å². The molecule has 0 unspecified atom stereocenters. The molecule has 2 atom stereocenters. The second-order valence-corrected chi connectivity index (χ2v) is 10.2. The largest absolute Gasteiger partial charge is 0.489 e. The van der Waals surface area contributed by atoms with E-state index in [1.165, 1.54) is 6.07 Å². The molecule has 11 heteroatoms. The predicted molar refractivity (Wildman–Crippen MR) is 151 cm³/mol. The summed E-state index contributed by atoms with van der Waals surface area (Å²) >= 11 is 0. The van der Waals surface area contributed by atoms with Gasteiger partial charge in [0.15, 0.2) is 11.5 Å². The van der Waals surface area contributed by atoms with E-state index in [1.54, 1.807) is 30.3 Å². The molecule has 0 radical (unpaired) electrons. The third-order valence-electron chi connectivity index (χ3n) is 6.95. The first-order valence-electron chi connectivity index (χ1n) is 13.3. The van der Waals surface area contributed by atoms with Crippen LogP contribution >= 0.6 is 12.4 Å². The summed E-state index contributed by atoms with van der Waals surface area (Å²) in [5.74, 6) is -0.0809. The summed E-state index contributed by atoms with van der Waals surface area (Å²) in [6, 6.07) is 16.8. The van der Waals surface area contributed by atoms with Gasteiger partial charge < -0.3 is 24.8 Å². The van der Waals surface area contributed by atoms with Gasteiger partial charge in [0.2, 0.25) is 0 Å². The number of carbonyl (C=O) groups is 2. The molecule has 5 rings (SSSR count). The maximum atomic E-state index is 12.8. The van der Waals surface area contributed by atoms with E-state index < -0.39 is 18.6 Å². The first kappa shape index (κ1) is 30.2. The lowest BCUT2D eigenvalue weighted by molar-refractivity contribution is -0.147. The minimum absolute atomic E-state index is 0. The standard InChI is InChI=1S/C30H31F2N3O5.ClH/c1-18-5-10-22(11-6-18)35-28(36)24-4-2-3-23(34-24)17-39-29(37)25-13-21(15-33-25)20-9-12-26(40-30(31)32)27(14-20)38-16-19-7-8-19;/h2-6,9-12,14,19,21,25,30,33H,7-8,13,15-17H2,1H3,(H,35,36);1H/t21-,25-;/m1./s1. The summed E-state index contributed by atoms with van der Waals surface area (Å²) in [4.78, 5) is 29.7. The van der Waals surface area contributed by atoms with Crippen LogP contribution in [0.25, 0.3) is 0 Å². The molecule has 218 valence electrons. The van der Waals surface area contributed by atoms with E-state index in [1.807, 2.05) is 31.2 Å². The van der Waals surface area contributed by atoms with Crippen molar-refractivity contribution in [2.75, 3.05) is 18.5 Å². The summed E-state index contributed by atoms with van der Waals surface area (Å²) in [5.41, 5.74) is 3.28. The number of hydrogen-bond donors (Lipinski definition) is 2. The highest BCUT2D eigenvalue weighted by Crippen LogP contribution is 2.37. The SMILES string of the molecule is Cc1ccc(NC(=O)c2cccc(COC(=O)[C@H]3C[C@@H](c4ccc(OC(F)F)c(OCC5CC5)c4)CN3)n2)cc1.Cl. The second-order valence-electron chi connectivity index (χ2n) is 10.2. The van der Waals surface area contributed by atoms with E-state index in [0.29, 0.717) is 36.9 Å². The Hall–Kier alpha value is -3.76. The summed E-state index contributed by atoms with van der Waals surface area (Å²) in [7, 11) is 0. The molecule has 2 heterocycles. The lowest BCUT2D eigenvalue weighted by Crippen LogP contribution is -2.32. The number of aromatic nitrogens is 1. The highest BCUT2D eigenvalue weighted by atomic mass is 35.5. The zero-order chi connectivity index (χ0) is 28.1. The highest BCUT2D eigenvalue weighted by Gasteiger charge is 2.32. The number of amides is 1. The lowest BCUT2D eigenvalue weighted by atomic mass is 9.96. The number of alkyl halides is 2. The molecule has 1 aliphatic carbocycles. The molecule has 0 bridgehead atoms. The molecule has 3 aromatic rings. The molecule has 0 spiro atoms. The van der Waals surface area contributed by atoms with Crippen molar-refractivity contribution in [3.8, 4) is 11.5 Å². The zero-order valence-electron chi connectivity index (χ0n) is 22.5. The minimum atomic E-state index is -2.95. The number of rotatable bonds is 11. The van der Waals surface area contributed by atoms with Gasteiger partial charge in [0.1, 0.15) is 18.3 Å². The van der Waals surface area contributed by atoms with Crippen LogP contribution in [-0.4, -0.2) is 42.7 Å². The van der Waals surface area contributed by atoms with Gasteiger partial charge in [0.25, 0.3) is 5.91 Å². The van der Waals surface area contributed by atoms with Gasteiger partial charge in [-0.2, -0.15) is 8.78 Å². The number of aryl methyl sites for hydroxylation is 1. The average molecular weight is 588 g/mol. The summed E-state index contributed by atoms with van der Waals surface area (Å²) in [6.07, 6.45) is 2.62. The highest BCUT2D eigenvalue weighted by molar-refractivity contribution is 6.02. The molecule has 8 nitrogen and oxygen atoms in total. The van der Waals surface area contributed by atoms with Crippen molar-refractivity contribution in [3.63, 3.8) is 0 Å². The van der Waals surface area contributed by atoms with Gasteiger partial charge >= 0.3 is 12.6 Å². The summed E-state index contributed by atoms with van der Waals surface area (Å²) in [5, 5.41) is 5.98. The smallest absolute Gasteiger partial charge is 0.387 e. The van der Waals surface area contributed by atoms with Crippen molar-refractivity contribution in [1.29, 1.82) is 0 Å². The Morgan fingerprint density at radius 3 is 2.59 bits per heavy atom. The average Bonchev–Trinajstić information content (AvgIpc) is 3.65. The van der Waals surface area contributed by atoms with Crippen molar-refractivity contribution in [3.05, 3.63) is 83.2 Å². The van der Waals surface area contributed by atoms with Gasteiger partial charge in [-0.25, -0.2) is 4.98 Å². The van der Waals surface area contributed by atoms with Gasteiger partial charge in [0, 0.05) is 12.2 Å². The molecular weight excluding hydrogens is 556 g/mol. The maximum Gasteiger partial charge on any atom is 0.387 e. The molecular formula is C30H32ClF2N3O5. The van der Waals surface area contributed by atoms with Gasteiger partial charge in [0.05, 0.1) is 12.3 Å². The number of hydrogen-bond acceptors (Lipinski definition) is 7. The maximum absolute atomic E-state index is 12.8. The molecule has 1 saturated heterocycles. The molecule has 2 fully saturated rings. The fraction of sp³-hybridized carbons (Fsp3) is 0.367. The van der Waals surface area contributed by atoms with Crippen LogP contribution < -0.4 is 20.1 Å². The summed E-state index contributed by atoms with van der Waals surface area (Å²) in [6.45, 7) is -0.0781. The van der Waals surface area contributed by atoms with E-state index in [2.05, 4.69) is 20.4 Å². The number of ether oxygens (including phenoxy) is 3. The fourth-order valence-electron chi connectivity index (χ4n) is 4.51. The van der Waals surface area contributed by atoms with Gasteiger partial charge in [-0.15, -0.1) is 12.4 Å². The Kier molecular flexibility index (Phi) is 10.1. The van der Waals surface area contributed by atoms with Crippen LogP contribution in [0.5, 0.6) is 11.5 Å². The predicted octanol–water partition coefficient (Wildman–Crippen LogP) is 5.64. The van der Waals surface area contributed by atoms with Gasteiger partial charge in [-0.3, -0.25) is 9.59 Å². The van der Waals surface area contributed by atoms with Crippen molar-refractivity contribution in [2.24, 2.45) is 5.92 Å². The van der Waals surface area contributed by atoms with Crippen LogP contribution in [0.1, 0.15) is 52.5 Å². The number of benzene rings is 2. The van der Waals surface area contributed by atoms with Crippen LogP contribution in [0.15, 0.2) is 60.7 Å². The van der Waals surface area contributed by atoms with Crippen LogP contribution in [0.2, 0.25) is 0 Å². The Balaban J connectivity index is 0.00000387.